The molecule has 0 aliphatic rings. The van der Waals surface area contributed by atoms with Crippen molar-refractivity contribution in [3.05, 3.63) is 59.2 Å². The van der Waals surface area contributed by atoms with Crippen molar-refractivity contribution in [3.8, 4) is 0 Å². The molecule has 138 valence electrons. The lowest BCUT2D eigenvalue weighted by molar-refractivity contribution is -0.116. The van der Waals surface area contributed by atoms with Gasteiger partial charge in [-0.1, -0.05) is 36.4 Å². The fraction of sp³-hybridized carbons (Fsp3) is 0.333. The molecule has 0 heterocycles. The van der Waals surface area contributed by atoms with Gasteiger partial charge in [-0.2, -0.15) is 11.8 Å². The fourth-order valence-corrected chi connectivity index (χ4v) is 3.36. The van der Waals surface area contributed by atoms with Crippen LogP contribution in [0.1, 0.15) is 29.5 Å². The summed E-state index contributed by atoms with van der Waals surface area (Å²) >= 11 is 1.55. The van der Waals surface area contributed by atoms with Crippen LogP contribution in [0.15, 0.2) is 42.5 Å². The van der Waals surface area contributed by atoms with E-state index in [1.807, 2.05) is 63.2 Å². The molecule has 0 saturated heterocycles. The quantitative estimate of drug-likeness (QED) is 0.662. The molecule has 2 aromatic carbocycles. The molecule has 0 aliphatic carbocycles. The maximum absolute atomic E-state index is 12.1. The van der Waals surface area contributed by atoms with Crippen molar-refractivity contribution in [1.29, 1.82) is 0 Å². The van der Waals surface area contributed by atoms with E-state index < -0.39 is 0 Å². The van der Waals surface area contributed by atoms with Crippen LogP contribution in [0.2, 0.25) is 0 Å². The first-order chi connectivity index (χ1) is 12.5. The molecule has 0 unspecified atom stereocenters. The van der Waals surface area contributed by atoms with Crippen molar-refractivity contribution < 1.29 is 9.59 Å². The first-order valence-corrected chi connectivity index (χ1v) is 9.92. The second kappa shape index (κ2) is 10.0. The Bertz CT molecular complexity index is 754. The minimum Gasteiger partial charge on any atom is -0.326 e. The number of rotatable bonds is 8. The predicted molar refractivity (Wildman–Crippen MR) is 111 cm³/mol. The molecule has 0 atom stereocenters. The molecule has 0 aromatic heterocycles. The van der Waals surface area contributed by atoms with Gasteiger partial charge in [0.2, 0.25) is 11.8 Å². The molecule has 0 spiro atoms. The molecule has 2 amide bonds. The van der Waals surface area contributed by atoms with Gasteiger partial charge in [0.15, 0.2) is 0 Å². The fourth-order valence-electron chi connectivity index (χ4n) is 2.61. The van der Waals surface area contributed by atoms with Crippen molar-refractivity contribution >= 4 is 35.0 Å². The summed E-state index contributed by atoms with van der Waals surface area (Å²) < 4.78 is 0. The molecule has 5 heteroatoms. The summed E-state index contributed by atoms with van der Waals surface area (Å²) in [5.74, 6) is 1.19. The van der Waals surface area contributed by atoms with Crippen LogP contribution < -0.4 is 10.6 Å². The predicted octanol–water partition coefficient (Wildman–Crippen LogP) is 4.70. The van der Waals surface area contributed by atoms with Crippen molar-refractivity contribution in [2.24, 2.45) is 0 Å². The van der Waals surface area contributed by atoms with Gasteiger partial charge in [0.1, 0.15) is 0 Å². The second-order valence-corrected chi connectivity index (χ2v) is 7.44. The molecule has 4 nitrogen and oxygen atoms in total. The zero-order valence-corrected chi connectivity index (χ0v) is 16.4. The van der Waals surface area contributed by atoms with Crippen molar-refractivity contribution in [1.82, 2.24) is 0 Å². The third kappa shape index (κ3) is 6.23. The van der Waals surface area contributed by atoms with Crippen LogP contribution in [0.25, 0.3) is 0 Å². The van der Waals surface area contributed by atoms with Crippen molar-refractivity contribution in [2.75, 3.05) is 22.1 Å². The average molecular weight is 371 g/mol. The maximum Gasteiger partial charge on any atom is 0.234 e. The molecule has 26 heavy (non-hydrogen) atoms. The smallest absolute Gasteiger partial charge is 0.234 e. The Balaban J connectivity index is 1.65. The molecule has 2 rings (SSSR count). The Morgan fingerprint density at radius 2 is 1.50 bits per heavy atom. The maximum atomic E-state index is 12.1. The minimum atomic E-state index is -0.00992. The van der Waals surface area contributed by atoms with Crippen LogP contribution >= 0.6 is 11.8 Å². The van der Waals surface area contributed by atoms with E-state index in [2.05, 4.69) is 10.6 Å². The Morgan fingerprint density at radius 3 is 2.19 bits per heavy atom. The van der Waals surface area contributed by atoms with Crippen LogP contribution in [0.3, 0.4) is 0 Å². The third-order valence-electron chi connectivity index (χ3n) is 4.09. The number of hydrogen-bond acceptors (Lipinski definition) is 3. The van der Waals surface area contributed by atoms with Gasteiger partial charge in [0, 0.05) is 17.8 Å². The molecule has 0 saturated carbocycles. The largest absolute Gasteiger partial charge is 0.326 e. The number of carbonyl (C=O) groups excluding carboxylic acids is 2. The zero-order chi connectivity index (χ0) is 18.9. The van der Waals surface area contributed by atoms with Crippen molar-refractivity contribution in [3.63, 3.8) is 0 Å². The molecular formula is C21H26N2O2S. The highest BCUT2D eigenvalue weighted by atomic mass is 32.2. The lowest BCUT2D eigenvalue weighted by atomic mass is 10.1. The van der Waals surface area contributed by atoms with E-state index in [9.17, 15) is 9.59 Å². The summed E-state index contributed by atoms with van der Waals surface area (Å²) in [7, 11) is 0. The van der Waals surface area contributed by atoms with Gasteiger partial charge in [-0.15, -0.1) is 0 Å². The number of nitrogens with one attached hydrogen (secondary N) is 2. The summed E-state index contributed by atoms with van der Waals surface area (Å²) in [6.07, 6.45) is 1.21. The Morgan fingerprint density at radius 1 is 0.846 bits per heavy atom. The number of para-hydroxylation sites is 2. The highest BCUT2D eigenvalue weighted by molar-refractivity contribution is 7.99. The Labute approximate surface area is 159 Å². The summed E-state index contributed by atoms with van der Waals surface area (Å²) in [6.45, 7) is 5.95. The van der Waals surface area contributed by atoms with E-state index in [4.69, 9.17) is 0 Å². The molecule has 0 fully saturated rings. The van der Waals surface area contributed by atoms with Crippen LogP contribution in [0.5, 0.6) is 0 Å². The number of benzene rings is 2. The molecule has 2 aromatic rings. The number of carbonyl (C=O) groups is 2. The number of thioether (sulfide) groups is 1. The van der Waals surface area contributed by atoms with Crippen molar-refractivity contribution in [2.45, 2.75) is 33.6 Å². The zero-order valence-electron chi connectivity index (χ0n) is 15.6. The molecule has 0 radical (unpaired) electrons. The monoisotopic (exact) mass is 370 g/mol. The summed E-state index contributed by atoms with van der Waals surface area (Å²) in [5.41, 5.74) is 4.95. The first kappa shape index (κ1) is 20.0. The van der Waals surface area contributed by atoms with Crippen LogP contribution in [-0.2, 0) is 9.59 Å². The summed E-state index contributed by atoms with van der Waals surface area (Å²) in [6, 6.07) is 13.7. The van der Waals surface area contributed by atoms with Crippen LogP contribution in [0, 0.1) is 20.8 Å². The summed E-state index contributed by atoms with van der Waals surface area (Å²) in [4.78, 5) is 24.1. The minimum absolute atomic E-state index is 0.00992. The van der Waals surface area contributed by atoms with E-state index in [0.29, 0.717) is 12.2 Å². The molecule has 0 aliphatic heterocycles. The third-order valence-corrected chi connectivity index (χ3v) is 5.13. The normalized spacial score (nSPS) is 10.4. The topological polar surface area (TPSA) is 58.2 Å². The standard InChI is InChI=1S/C21H26N2O2S/c1-15-8-4-5-11-18(15)22-20(25)14-26-13-7-12-19(24)23-21-16(2)9-6-10-17(21)3/h4-6,8-11H,7,12-14H2,1-3H3,(H,22,25)(H,23,24). The van der Waals surface area contributed by atoms with Gasteiger partial charge < -0.3 is 10.6 Å². The van der Waals surface area contributed by atoms with Gasteiger partial charge in [-0.05, 0) is 55.7 Å². The SMILES string of the molecule is Cc1ccccc1NC(=O)CSCCCC(=O)Nc1c(C)cccc1C. The molecule has 0 bridgehead atoms. The van der Waals surface area contributed by atoms with E-state index >= 15 is 0 Å². The molecule has 2 N–H and O–H groups in total. The highest BCUT2D eigenvalue weighted by Gasteiger charge is 2.08. The van der Waals surface area contributed by atoms with E-state index in [1.54, 1.807) is 11.8 Å². The first-order valence-electron chi connectivity index (χ1n) is 8.76. The Kier molecular flexibility index (Phi) is 7.73. The van der Waals surface area contributed by atoms with Crippen LogP contribution in [-0.4, -0.2) is 23.3 Å². The highest BCUT2D eigenvalue weighted by Crippen LogP contribution is 2.20. The van der Waals surface area contributed by atoms with E-state index in [1.165, 1.54) is 0 Å². The average Bonchev–Trinajstić information content (AvgIpc) is 2.60. The van der Waals surface area contributed by atoms with E-state index in [0.717, 1.165) is 40.2 Å². The lowest BCUT2D eigenvalue weighted by Crippen LogP contribution is -2.16. The molecular weight excluding hydrogens is 344 g/mol. The number of aryl methyl sites for hydroxylation is 3. The van der Waals surface area contributed by atoms with Gasteiger partial charge in [0.05, 0.1) is 5.75 Å². The Hall–Kier alpha value is -2.27. The lowest BCUT2D eigenvalue weighted by Gasteiger charge is -2.11. The van der Waals surface area contributed by atoms with Gasteiger partial charge >= 0.3 is 0 Å². The second-order valence-electron chi connectivity index (χ2n) is 6.33. The number of amides is 2. The number of hydrogen-bond donors (Lipinski definition) is 2. The van der Waals surface area contributed by atoms with Crippen LogP contribution in [0.4, 0.5) is 11.4 Å². The number of anilines is 2. The van der Waals surface area contributed by atoms with Gasteiger partial charge in [-0.3, -0.25) is 9.59 Å². The van der Waals surface area contributed by atoms with E-state index in [-0.39, 0.29) is 11.8 Å². The van der Waals surface area contributed by atoms with Gasteiger partial charge in [0.25, 0.3) is 0 Å². The van der Waals surface area contributed by atoms with Gasteiger partial charge in [-0.25, -0.2) is 0 Å². The summed E-state index contributed by atoms with van der Waals surface area (Å²) in [5, 5.41) is 5.91.